The Balaban J connectivity index is 2.01. The number of hydrogen-bond acceptors (Lipinski definition) is 4. The molecule has 2 amide bonds. The lowest BCUT2D eigenvalue weighted by molar-refractivity contribution is -0.139. The topological polar surface area (TPSA) is 86.8 Å². The van der Waals surface area contributed by atoms with Crippen molar-refractivity contribution in [2.75, 3.05) is 17.4 Å². The Morgan fingerprint density at radius 2 is 1.54 bits per heavy atom. The van der Waals surface area contributed by atoms with Gasteiger partial charge in [0.2, 0.25) is 11.8 Å². The van der Waals surface area contributed by atoms with Crippen LogP contribution in [0.2, 0.25) is 0 Å². The van der Waals surface area contributed by atoms with Gasteiger partial charge in [-0.25, -0.2) is 12.8 Å². The SMILES string of the molecule is Cc1ccc(S(=O)(=O)N(CC(=O)N(Cc2cccc(C)c2)[C@H](C)C(=O)NCC(C)C)c2ccc(F)cc2)cc1. The molecule has 0 fully saturated rings. The molecule has 0 saturated heterocycles. The summed E-state index contributed by atoms with van der Waals surface area (Å²) < 4.78 is 42.2. The van der Waals surface area contributed by atoms with E-state index < -0.39 is 34.3 Å². The standard InChI is InChI=1S/C30H36FN3O4S/c1-21(2)18-32-30(36)24(5)33(19-25-8-6-7-23(4)17-25)29(35)20-34(27-13-11-26(31)12-14-27)39(37,38)28-15-9-22(3)10-16-28/h6-17,21,24H,18-20H2,1-5H3,(H,32,36)/t24-/m1/s1. The summed E-state index contributed by atoms with van der Waals surface area (Å²) in [5, 5.41) is 2.86. The first kappa shape index (κ1) is 29.8. The number of amides is 2. The van der Waals surface area contributed by atoms with Crippen molar-refractivity contribution in [3.63, 3.8) is 0 Å². The smallest absolute Gasteiger partial charge is 0.264 e. The van der Waals surface area contributed by atoms with Crippen molar-refractivity contribution in [1.29, 1.82) is 0 Å². The number of nitrogens with one attached hydrogen (secondary N) is 1. The highest BCUT2D eigenvalue weighted by Gasteiger charge is 2.32. The van der Waals surface area contributed by atoms with Crippen LogP contribution in [0, 0.1) is 25.6 Å². The van der Waals surface area contributed by atoms with Crippen molar-refractivity contribution in [3.05, 3.63) is 95.3 Å². The molecule has 0 aromatic heterocycles. The number of halogens is 1. The van der Waals surface area contributed by atoms with Crippen LogP contribution in [0.4, 0.5) is 10.1 Å². The van der Waals surface area contributed by atoms with Gasteiger partial charge in [0, 0.05) is 13.1 Å². The minimum atomic E-state index is -4.20. The van der Waals surface area contributed by atoms with Crippen molar-refractivity contribution in [2.45, 2.75) is 52.1 Å². The van der Waals surface area contributed by atoms with Crippen LogP contribution in [0.1, 0.15) is 37.5 Å². The van der Waals surface area contributed by atoms with Crippen LogP contribution in [0.5, 0.6) is 0 Å². The summed E-state index contributed by atoms with van der Waals surface area (Å²) in [5.41, 5.74) is 2.81. The Kier molecular flexibility index (Phi) is 9.86. The van der Waals surface area contributed by atoms with Gasteiger partial charge in [-0.15, -0.1) is 0 Å². The number of nitrogens with zero attached hydrogens (tertiary/aromatic N) is 2. The Hall–Kier alpha value is -3.72. The molecule has 0 aliphatic carbocycles. The maximum Gasteiger partial charge on any atom is 0.264 e. The lowest BCUT2D eigenvalue weighted by Gasteiger charge is -2.32. The van der Waals surface area contributed by atoms with E-state index in [0.29, 0.717) is 6.54 Å². The van der Waals surface area contributed by atoms with Crippen LogP contribution in [0.3, 0.4) is 0 Å². The summed E-state index contributed by atoms with van der Waals surface area (Å²) in [7, 11) is -4.20. The molecule has 3 aromatic carbocycles. The van der Waals surface area contributed by atoms with Crippen LogP contribution in [0.15, 0.2) is 77.7 Å². The second-order valence-corrected chi connectivity index (χ2v) is 12.0. The monoisotopic (exact) mass is 553 g/mol. The molecule has 208 valence electrons. The Morgan fingerprint density at radius 1 is 0.897 bits per heavy atom. The lowest BCUT2D eigenvalue weighted by Crippen LogP contribution is -2.51. The van der Waals surface area contributed by atoms with Crippen molar-refractivity contribution in [2.24, 2.45) is 5.92 Å². The zero-order valence-electron chi connectivity index (χ0n) is 23.0. The fourth-order valence-electron chi connectivity index (χ4n) is 4.02. The van der Waals surface area contributed by atoms with Crippen LogP contribution in [0.25, 0.3) is 0 Å². The molecule has 39 heavy (non-hydrogen) atoms. The molecule has 9 heteroatoms. The molecule has 0 radical (unpaired) electrons. The minimum absolute atomic E-state index is 0.00168. The summed E-state index contributed by atoms with van der Waals surface area (Å²) in [4.78, 5) is 28.3. The molecule has 0 spiro atoms. The van der Waals surface area contributed by atoms with Crippen LogP contribution >= 0.6 is 0 Å². The van der Waals surface area contributed by atoms with Gasteiger partial charge in [-0.05, 0) is 68.7 Å². The second-order valence-electron chi connectivity index (χ2n) is 10.1. The summed E-state index contributed by atoms with van der Waals surface area (Å²) in [6.07, 6.45) is 0. The van der Waals surface area contributed by atoms with Crippen LogP contribution < -0.4 is 9.62 Å². The first-order chi connectivity index (χ1) is 18.4. The van der Waals surface area contributed by atoms with Gasteiger partial charge in [0.25, 0.3) is 10.0 Å². The number of aryl methyl sites for hydroxylation is 2. The summed E-state index contributed by atoms with van der Waals surface area (Å²) in [6.45, 7) is 9.31. The van der Waals surface area contributed by atoms with Gasteiger partial charge >= 0.3 is 0 Å². The maximum absolute atomic E-state index is 13.9. The van der Waals surface area contributed by atoms with Crippen molar-refractivity contribution >= 4 is 27.5 Å². The number of benzene rings is 3. The van der Waals surface area contributed by atoms with Gasteiger partial charge in [0.15, 0.2) is 0 Å². The van der Waals surface area contributed by atoms with E-state index >= 15 is 0 Å². The predicted molar refractivity (Wildman–Crippen MR) is 151 cm³/mol. The quantitative estimate of drug-likeness (QED) is 0.369. The van der Waals surface area contributed by atoms with Gasteiger partial charge in [-0.1, -0.05) is 61.4 Å². The van der Waals surface area contributed by atoms with Gasteiger partial charge in [0.05, 0.1) is 10.6 Å². The zero-order chi connectivity index (χ0) is 28.7. The molecule has 1 N–H and O–H groups in total. The fraction of sp³-hybridized carbons (Fsp3) is 0.333. The lowest BCUT2D eigenvalue weighted by atomic mass is 10.1. The predicted octanol–water partition coefficient (Wildman–Crippen LogP) is 4.83. The van der Waals surface area contributed by atoms with Crippen molar-refractivity contribution < 1.29 is 22.4 Å². The summed E-state index contributed by atoms with van der Waals surface area (Å²) in [6, 6.07) is 17.9. The third-order valence-corrected chi connectivity index (χ3v) is 8.08. The maximum atomic E-state index is 13.9. The number of sulfonamides is 1. The van der Waals surface area contributed by atoms with Crippen molar-refractivity contribution in [1.82, 2.24) is 10.2 Å². The number of hydrogen-bond donors (Lipinski definition) is 1. The van der Waals surface area contributed by atoms with E-state index in [1.807, 2.05) is 52.0 Å². The third kappa shape index (κ3) is 7.89. The Bertz CT molecular complexity index is 1390. The van der Waals surface area contributed by atoms with E-state index in [0.717, 1.165) is 33.1 Å². The van der Waals surface area contributed by atoms with E-state index in [9.17, 15) is 22.4 Å². The van der Waals surface area contributed by atoms with E-state index in [1.165, 1.54) is 29.2 Å². The molecule has 3 rings (SSSR count). The summed E-state index contributed by atoms with van der Waals surface area (Å²) in [5.74, 6) is -1.21. The van der Waals surface area contributed by atoms with E-state index in [-0.39, 0.29) is 29.0 Å². The fourth-order valence-corrected chi connectivity index (χ4v) is 5.43. The summed E-state index contributed by atoms with van der Waals surface area (Å²) >= 11 is 0. The average Bonchev–Trinajstić information content (AvgIpc) is 2.89. The molecule has 0 aliphatic rings. The average molecular weight is 554 g/mol. The van der Waals surface area contributed by atoms with Gasteiger partial charge in [-0.3, -0.25) is 13.9 Å². The molecule has 0 bridgehead atoms. The first-order valence-electron chi connectivity index (χ1n) is 12.9. The minimum Gasteiger partial charge on any atom is -0.354 e. The van der Waals surface area contributed by atoms with Crippen molar-refractivity contribution in [3.8, 4) is 0 Å². The number of rotatable bonds is 11. The van der Waals surface area contributed by atoms with Crippen LogP contribution in [-0.2, 0) is 26.2 Å². The van der Waals surface area contributed by atoms with Crippen LogP contribution in [-0.4, -0.2) is 44.3 Å². The molecule has 0 saturated carbocycles. The molecule has 0 heterocycles. The second kappa shape index (κ2) is 12.9. The highest BCUT2D eigenvalue weighted by molar-refractivity contribution is 7.92. The number of carbonyl (C=O) groups is 2. The molecule has 1 atom stereocenters. The van der Waals surface area contributed by atoms with E-state index in [4.69, 9.17) is 0 Å². The van der Waals surface area contributed by atoms with E-state index in [2.05, 4.69) is 5.32 Å². The molecular formula is C30H36FN3O4S. The number of carbonyl (C=O) groups excluding carboxylic acids is 2. The molecular weight excluding hydrogens is 517 g/mol. The normalized spacial score (nSPS) is 12.2. The van der Waals surface area contributed by atoms with E-state index in [1.54, 1.807) is 19.1 Å². The number of anilines is 1. The van der Waals surface area contributed by atoms with Gasteiger partial charge in [0.1, 0.15) is 18.4 Å². The molecule has 0 aliphatic heterocycles. The zero-order valence-corrected chi connectivity index (χ0v) is 23.8. The highest BCUT2D eigenvalue weighted by atomic mass is 32.2. The third-order valence-electron chi connectivity index (χ3n) is 6.29. The molecule has 3 aromatic rings. The highest BCUT2D eigenvalue weighted by Crippen LogP contribution is 2.25. The molecule has 0 unspecified atom stereocenters. The molecule has 7 nitrogen and oxygen atoms in total. The largest absolute Gasteiger partial charge is 0.354 e. The van der Waals surface area contributed by atoms with Gasteiger partial charge in [-0.2, -0.15) is 0 Å². The first-order valence-corrected chi connectivity index (χ1v) is 14.3. The Labute approximate surface area is 230 Å². The Morgan fingerprint density at radius 3 is 2.13 bits per heavy atom. The van der Waals surface area contributed by atoms with Gasteiger partial charge < -0.3 is 10.2 Å².